The van der Waals surface area contributed by atoms with Crippen LogP contribution in [0.1, 0.15) is 106 Å². The molecule has 3 aromatic carbocycles. The van der Waals surface area contributed by atoms with Crippen LogP contribution in [0.25, 0.3) is 0 Å². The molecule has 1 fully saturated rings. The van der Waals surface area contributed by atoms with E-state index in [1.807, 2.05) is 36.5 Å². The fourth-order valence-corrected chi connectivity index (χ4v) is 9.90. The molecule has 55 heavy (non-hydrogen) atoms. The third-order valence-electron chi connectivity index (χ3n) is 12.7. The van der Waals surface area contributed by atoms with Crippen LogP contribution in [-0.4, -0.2) is 47.9 Å². The average Bonchev–Trinajstić information content (AvgIpc) is 3.47. The molecular weight excluding hydrogens is 706 g/mol. The first-order valence-corrected chi connectivity index (χ1v) is 21.0. The van der Waals surface area contributed by atoms with Crippen molar-refractivity contribution in [1.29, 1.82) is 0 Å². The van der Waals surface area contributed by atoms with Crippen LogP contribution in [0, 0.1) is 11.8 Å². The average molecular weight is 764 g/mol. The number of pyridine rings is 1. The minimum Gasteiger partial charge on any atom is -0.494 e. The number of carboxylic acid groups (broad SMARTS) is 1. The van der Waals surface area contributed by atoms with Gasteiger partial charge in [-0.2, -0.15) is 0 Å². The summed E-state index contributed by atoms with van der Waals surface area (Å²) in [6.07, 6.45) is 13.0. The van der Waals surface area contributed by atoms with Crippen LogP contribution in [0.4, 0.5) is 5.69 Å². The van der Waals surface area contributed by atoms with Crippen molar-refractivity contribution < 1.29 is 19.4 Å². The summed E-state index contributed by atoms with van der Waals surface area (Å²) in [5.74, 6) is 2.27. The number of anilines is 1. The molecule has 7 rings (SSSR count). The van der Waals surface area contributed by atoms with E-state index in [9.17, 15) is 9.90 Å². The molecule has 292 valence electrons. The van der Waals surface area contributed by atoms with E-state index in [-0.39, 0.29) is 5.41 Å². The summed E-state index contributed by atoms with van der Waals surface area (Å²) in [5.41, 5.74) is 6.12. The van der Waals surface area contributed by atoms with Crippen molar-refractivity contribution in [2.24, 2.45) is 11.8 Å². The number of nitrogens with one attached hydrogen (secondary N) is 2. The Bertz CT molecular complexity index is 1890. The molecule has 3 aliphatic rings. The molecule has 3 aliphatic carbocycles. The maximum absolute atomic E-state index is 13.0. The van der Waals surface area contributed by atoms with Crippen LogP contribution in [-0.2, 0) is 29.5 Å². The third-order valence-corrected chi connectivity index (χ3v) is 13.0. The molecule has 0 amide bonds. The molecule has 0 aliphatic heterocycles. The molecule has 1 aromatic heterocycles. The van der Waals surface area contributed by atoms with Crippen LogP contribution in [0.2, 0.25) is 5.02 Å². The first-order valence-electron chi connectivity index (χ1n) is 20.6. The number of ether oxygens (including phenoxy) is 2. The summed E-state index contributed by atoms with van der Waals surface area (Å²) < 4.78 is 13.0. The minimum atomic E-state index is -1.06. The Balaban J connectivity index is 1.02. The van der Waals surface area contributed by atoms with Crippen LogP contribution >= 0.6 is 11.6 Å². The van der Waals surface area contributed by atoms with Gasteiger partial charge in [0.05, 0.1) is 13.2 Å². The predicted octanol–water partition coefficient (Wildman–Crippen LogP) is 10.2. The number of hydrogen-bond donors (Lipinski definition) is 3. The van der Waals surface area contributed by atoms with Crippen molar-refractivity contribution in [1.82, 2.24) is 10.3 Å². The maximum atomic E-state index is 13.0. The van der Waals surface area contributed by atoms with Crippen molar-refractivity contribution in [3.8, 4) is 11.5 Å². The molecule has 0 radical (unpaired) electrons. The van der Waals surface area contributed by atoms with Gasteiger partial charge in [-0.25, -0.2) is 4.79 Å². The Morgan fingerprint density at radius 1 is 0.982 bits per heavy atom. The second-order valence-electron chi connectivity index (χ2n) is 16.6. The zero-order valence-electron chi connectivity index (χ0n) is 32.6. The lowest BCUT2D eigenvalue weighted by Crippen LogP contribution is -2.53. The number of fused-ring (bicyclic) bond motifs is 3. The molecule has 1 heterocycles. The highest BCUT2D eigenvalue weighted by Crippen LogP contribution is 2.57. The van der Waals surface area contributed by atoms with E-state index in [1.54, 1.807) is 0 Å². The van der Waals surface area contributed by atoms with E-state index in [2.05, 4.69) is 78.0 Å². The molecule has 3 N–H and O–H groups in total. The topological polar surface area (TPSA) is 92.7 Å². The van der Waals surface area contributed by atoms with Gasteiger partial charge in [0.15, 0.2) is 0 Å². The van der Waals surface area contributed by atoms with Gasteiger partial charge in [0.1, 0.15) is 17.0 Å². The van der Waals surface area contributed by atoms with Gasteiger partial charge in [0.25, 0.3) is 0 Å². The van der Waals surface area contributed by atoms with Crippen molar-refractivity contribution in [2.45, 2.75) is 108 Å². The van der Waals surface area contributed by atoms with Gasteiger partial charge in [-0.1, -0.05) is 67.9 Å². The molecular formula is C47H58ClN3O4. The van der Waals surface area contributed by atoms with E-state index >= 15 is 0 Å². The van der Waals surface area contributed by atoms with Gasteiger partial charge >= 0.3 is 5.97 Å². The molecule has 3 atom stereocenters. The molecule has 1 saturated carbocycles. The Labute approximate surface area is 332 Å². The number of hydrogen-bond acceptors (Lipinski definition) is 6. The maximum Gasteiger partial charge on any atom is 0.329 e. The van der Waals surface area contributed by atoms with Crippen molar-refractivity contribution in [2.75, 3.05) is 31.6 Å². The van der Waals surface area contributed by atoms with Crippen LogP contribution in [0.5, 0.6) is 11.5 Å². The second-order valence-corrected chi connectivity index (χ2v) is 17.0. The monoisotopic (exact) mass is 763 g/mol. The summed E-state index contributed by atoms with van der Waals surface area (Å²) in [4.78, 5) is 17.7. The fraction of sp³-hybridized carbons (Fsp3) is 0.489. The predicted molar refractivity (Wildman–Crippen MR) is 222 cm³/mol. The number of rotatable bonds is 17. The van der Waals surface area contributed by atoms with E-state index in [0.717, 1.165) is 81.6 Å². The largest absolute Gasteiger partial charge is 0.494 e. The van der Waals surface area contributed by atoms with E-state index < -0.39 is 11.5 Å². The number of aliphatic carboxylic acids is 1. The number of aromatic nitrogens is 1. The lowest BCUT2D eigenvalue weighted by Gasteiger charge is -2.47. The summed E-state index contributed by atoms with van der Waals surface area (Å²) in [6.45, 7) is 7.88. The molecule has 0 bridgehead atoms. The van der Waals surface area contributed by atoms with Crippen LogP contribution in [0.3, 0.4) is 0 Å². The zero-order valence-corrected chi connectivity index (χ0v) is 33.4. The van der Waals surface area contributed by atoms with Crippen molar-refractivity contribution in [3.63, 3.8) is 0 Å². The van der Waals surface area contributed by atoms with E-state index in [4.69, 9.17) is 21.1 Å². The van der Waals surface area contributed by atoms with Gasteiger partial charge in [-0.05, 0) is 166 Å². The van der Waals surface area contributed by atoms with E-state index in [0.29, 0.717) is 48.8 Å². The Morgan fingerprint density at radius 3 is 2.62 bits per heavy atom. The molecule has 1 spiro atoms. The van der Waals surface area contributed by atoms with Gasteiger partial charge < -0.3 is 25.2 Å². The SMILES string of the molecule is C[C@@H](COc1ccnc2c1[C@H](C)CCC2)C[C@H]1Cc2ccc(OCCCCNCCc3ccccc3)cc2C12CCC(Nc1cccc(Cl)c1)(C(=O)O)CC2. The van der Waals surface area contributed by atoms with Crippen molar-refractivity contribution >= 4 is 23.3 Å². The number of aryl methyl sites for hydroxylation is 1. The quantitative estimate of drug-likeness (QED) is 0.0922. The summed E-state index contributed by atoms with van der Waals surface area (Å²) >= 11 is 6.31. The highest BCUT2D eigenvalue weighted by molar-refractivity contribution is 6.30. The Morgan fingerprint density at radius 2 is 1.82 bits per heavy atom. The second kappa shape index (κ2) is 17.8. The number of halogens is 1. The van der Waals surface area contributed by atoms with Gasteiger partial charge in [0.2, 0.25) is 0 Å². The standard InChI is InChI=1S/C47H58ClN3O4/c1-33(32-55-43-19-26-50-42-15-8-10-34(2)44(42)43)28-37-29-36-16-17-40(54-27-7-6-24-49-25-18-35-11-4-3-5-12-35)31-41(36)46(37)20-22-47(23-21-46,45(52)53)51-39-14-9-13-38(48)30-39/h3-5,9,11-14,16-17,19,26,30-31,33-34,37,49,51H,6-8,10,15,18,20-25,27-29,32H2,1-2H3,(H,52,53)/t33-,34-,37+,46?,47?/m1/s1. The van der Waals surface area contributed by atoms with Crippen LogP contribution < -0.4 is 20.1 Å². The normalized spacial score (nSPS) is 23.5. The highest BCUT2D eigenvalue weighted by Gasteiger charge is 2.54. The first kappa shape index (κ1) is 39.2. The zero-order chi connectivity index (χ0) is 38.3. The summed E-state index contributed by atoms with van der Waals surface area (Å²) in [5, 5.41) is 18.3. The highest BCUT2D eigenvalue weighted by atomic mass is 35.5. The number of unbranched alkanes of at least 4 members (excludes halogenated alkanes) is 1. The fourth-order valence-electron chi connectivity index (χ4n) is 9.71. The Kier molecular flexibility index (Phi) is 12.7. The lowest BCUT2D eigenvalue weighted by molar-refractivity contribution is -0.144. The minimum absolute atomic E-state index is 0.134. The molecule has 4 aromatic rings. The van der Waals surface area contributed by atoms with Crippen LogP contribution in [0.15, 0.2) is 85.1 Å². The first-order chi connectivity index (χ1) is 26.7. The van der Waals surface area contributed by atoms with E-state index in [1.165, 1.54) is 40.8 Å². The lowest BCUT2D eigenvalue weighted by atomic mass is 9.59. The Hall–Kier alpha value is -4.07. The molecule has 0 unspecified atom stereocenters. The van der Waals surface area contributed by atoms with Gasteiger partial charge in [-0.15, -0.1) is 0 Å². The molecule has 0 saturated heterocycles. The summed E-state index contributed by atoms with van der Waals surface area (Å²) in [7, 11) is 0. The molecule has 8 heteroatoms. The third kappa shape index (κ3) is 9.16. The van der Waals surface area contributed by atoms with Gasteiger partial charge in [-0.3, -0.25) is 4.98 Å². The number of benzene rings is 3. The smallest absolute Gasteiger partial charge is 0.329 e. The summed E-state index contributed by atoms with van der Waals surface area (Å²) in [6, 6.07) is 26.7. The number of carboxylic acids is 1. The number of carbonyl (C=O) groups is 1. The molecule has 7 nitrogen and oxygen atoms in total. The number of nitrogens with zero attached hydrogens (tertiary/aromatic N) is 1. The van der Waals surface area contributed by atoms with Gasteiger partial charge in [0, 0.05) is 28.2 Å². The van der Waals surface area contributed by atoms with Crippen molar-refractivity contribution in [3.05, 3.63) is 118 Å².